The Labute approximate surface area is 180 Å². The molecule has 31 heavy (non-hydrogen) atoms. The van der Waals surface area contributed by atoms with Gasteiger partial charge in [0.05, 0.1) is 23.0 Å². The first-order chi connectivity index (χ1) is 14.8. The average Bonchev–Trinajstić information content (AvgIpc) is 3.20. The van der Waals surface area contributed by atoms with Gasteiger partial charge in [-0.3, -0.25) is 18.7 Å². The third-order valence-corrected chi connectivity index (χ3v) is 5.91. The Morgan fingerprint density at radius 2 is 1.94 bits per heavy atom. The van der Waals surface area contributed by atoms with Crippen LogP contribution >= 0.6 is 11.3 Å². The SMILES string of the molecule is Cc1ccc(-c2csc(NC(=O)Cc3cccc4c3c(=O)n(C)c(=O)n4C)n2)cc1F. The van der Waals surface area contributed by atoms with Gasteiger partial charge in [-0.2, -0.15) is 0 Å². The van der Waals surface area contributed by atoms with Gasteiger partial charge in [0.2, 0.25) is 5.91 Å². The lowest BCUT2D eigenvalue weighted by atomic mass is 10.1. The topological polar surface area (TPSA) is 86.0 Å². The number of nitrogens with one attached hydrogen (secondary N) is 1. The Kier molecular flexibility index (Phi) is 5.28. The van der Waals surface area contributed by atoms with Crippen molar-refractivity contribution in [1.29, 1.82) is 0 Å². The van der Waals surface area contributed by atoms with Gasteiger partial charge in [0.25, 0.3) is 5.56 Å². The molecule has 0 atom stereocenters. The van der Waals surface area contributed by atoms with Crippen LogP contribution in [0.1, 0.15) is 11.1 Å². The summed E-state index contributed by atoms with van der Waals surface area (Å²) < 4.78 is 16.2. The number of aryl methyl sites for hydroxylation is 2. The summed E-state index contributed by atoms with van der Waals surface area (Å²) in [6.45, 7) is 1.68. The molecule has 7 nitrogen and oxygen atoms in total. The molecule has 0 aliphatic rings. The highest BCUT2D eigenvalue weighted by Crippen LogP contribution is 2.26. The van der Waals surface area contributed by atoms with Crippen molar-refractivity contribution in [2.75, 3.05) is 5.32 Å². The van der Waals surface area contributed by atoms with Gasteiger partial charge in [-0.15, -0.1) is 11.3 Å². The van der Waals surface area contributed by atoms with Gasteiger partial charge >= 0.3 is 5.69 Å². The third-order valence-electron chi connectivity index (χ3n) is 5.15. The molecule has 0 saturated carbocycles. The monoisotopic (exact) mass is 438 g/mol. The second kappa shape index (κ2) is 7.92. The highest BCUT2D eigenvalue weighted by atomic mass is 32.1. The number of amides is 1. The van der Waals surface area contributed by atoms with Crippen LogP contribution in [-0.4, -0.2) is 20.0 Å². The zero-order valence-corrected chi connectivity index (χ0v) is 17.9. The molecule has 2 heterocycles. The van der Waals surface area contributed by atoms with E-state index in [-0.39, 0.29) is 18.1 Å². The van der Waals surface area contributed by atoms with Crippen LogP contribution < -0.4 is 16.6 Å². The van der Waals surface area contributed by atoms with Crippen molar-refractivity contribution in [2.24, 2.45) is 14.1 Å². The van der Waals surface area contributed by atoms with Crippen LogP contribution in [0.2, 0.25) is 0 Å². The fourth-order valence-electron chi connectivity index (χ4n) is 3.40. The molecule has 4 rings (SSSR count). The highest BCUT2D eigenvalue weighted by Gasteiger charge is 2.15. The van der Waals surface area contributed by atoms with E-state index in [1.807, 2.05) is 0 Å². The molecule has 1 amide bonds. The molecule has 0 radical (unpaired) electrons. The Bertz CT molecular complexity index is 1450. The second-order valence-electron chi connectivity index (χ2n) is 7.24. The van der Waals surface area contributed by atoms with Crippen LogP contribution in [0, 0.1) is 12.7 Å². The third kappa shape index (κ3) is 3.79. The molecule has 158 valence electrons. The zero-order chi connectivity index (χ0) is 22.3. The molecule has 0 aliphatic heterocycles. The summed E-state index contributed by atoms with van der Waals surface area (Å²) in [4.78, 5) is 41.8. The number of carbonyl (C=O) groups excluding carboxylic acids is 1. The first-order valence-electron chi connectivity index (χ1n) is 9.46. The molecule has 0 bridgehead atoms. The Morgan fingerprint density at radius 1 is 1.16 bits per heavy atom. The minimum absolute atomic E-state index is 0.0567. The number of hydrogen-bond donors (Lipinski definition) is 1. The van der Waals surface area contributed by atoms with Crippen molar-refractivity contribution in [3.05, 3.63) is 79.6 Å². The van der Waals surface area contributed by atoms with E-state index in [1.165, 1.54) is 29.0 Å². The molecular weight excluding hydrogens is 419 g/mol. The second-order valence-corrected chi connectivity index (χ2v) is 8.10. The maximum atomic E-state index is 13.8. The summed E-state index contributed by atoms with van der Waals surface area (Å²) in [6, 6.07) is 9.93. The number of halogens is 1. The zero-order valence-electron chi connectivity index (χ0n) is 17.1. The van der Waals surface area contributed by atoms with E-state index in [4.69, 9.17) is 0 Å². The van der Waals surface area contributed by atoms with Crippen molar-refractivity contribution in [3.63, 3.8) is 0 Å². The molecule has 0 spiro atoms. The molecule has 2 aromatic heterocycles. The summed E-state index contributed by atoms with van der Waals surface area (Å²) in [7, 11) is 2.99. The van der Waals surface area contributed by atoms with Crippen molar-refractivity contribution in [2.45, 2.75) is 13.3 Å². The normalized spacial score (nSPS) is 11.1. The maximum absolute atomic E-state index is 13.8. The molecule has 0 aliphatic carbocycles. The first kappa shape index (κ1) is 20.7. The fraction of sp³-hybridized carbons (Fsp3) is 0.182. The maximum Gasteiger partial charge on any atom is 0.330 e. The molecule has 4 aromatic rings. The van der Waals surface area contributed by atoms with E-state index in [2.05, 4.69) is 10.3 Å². The quantitative estimate of drug-likeness (QED) is 0.531. The minimum Gasteiger partial charge on any atom is -0.302 e. The Morgan fingerprint density at radius 3 is 2.68 bits per heavy atom. The van der Waals surface area contributed by atoms with E-state index in [1.54, 1.807) is 49.7 Å². The number of carbonyl (C=O) groups is 1. The number of aromatic nitrogens is 3. The van der Waals surface area contributed by atoms with Crippen LogP contribution in [0.15, 0.2) is 51.4 Å². The number of rotatable bonds is 4. The minimum atomic E-state index is -0.445. The largest absolute Gasteiger partial charge is 0.330 e. The van der Waals surface area contributed by atoms with Crippen LogP contribution in [0.3, 0.4) is 0 Å². The molecule has 0 saturated heterocycles. The highest BCUT2D eigenvalue weighted by molar-refractivity contribution is 7.14. The van der Waals surface area contributed by atoms with E-state index < -0.39 is 11.2 Å². The molecule has 1 N–H and O–H groups in total. The predicted octanol–water partition coefficient (Wildman–Crippen LogP) is 2.99. The molecule has 0 unspecified atom stereocenters. The molecule has 0 fully saturated rings. The van der Waals surface area contributed by atoms with E-state index in [0.29, 0.717) is 38.4 Å². The number of hydrogen-bond acceptors (Lipinski definition) is 5. The summed E-state index contributed by atoms with van der Waals surface area (Å²) >= 11 is 1.23. The van der Waals surface area contributed by atoms with E-state index in [0.717, 1.165) is 4.57 Å². The number of nitrogens with zero attached hydrogens (tertiary/aromatic N) is 3. The molecular formula is C22H19FN4O3S. The Balaban J connectivity index is 1.60. The average molecular weight is 438 g/mol. The van der Waals surface area contributed by atoms with Gasteiger partial charge in [-0.1, -0.05) is 24.3 Å². The van der Waals surface area contributed by atoms with Crippen LogP contribution in [0.5, 0.6) is 0 Å². The van der Waals surface area contributed by atoms with Crippen LogP contribution in [0.25, 0.3) is 22.2 Å². The number of benzene rings is 2. The summed E-state index contributed by atoms with van der Waals surface area (Å²) in [5, 5.41) is 5.18. The van der Waals surface area contributed by atoms with E-state index >= 15 is 0 Å². The number of anilines is 1. The smallest absolute Gasteiger partial charge is 0.302 e. The van der Waals surface area contributed by atoms with Gasteiger partial charge in [0.1, 0.15) is 5.82 Å². The van der Waals surface area contributed by atoms with Gasteiger partial charge in [-0.25, -0.2) is 14.2 Å². The summed E-state index contributed by atoms with van der Waals surface area (Å²) in [5.74, 6) is -0.664. The predicted molar refractivity (Wildman–Crippen MR) is 119 cm³/mol. The van der Waals surface area contributed by atoms with Crippen molar-refractivity contribution in [3.8, 4) is 11.3 Å². The molecule has 9 heteroatoms. The van der Waals surface area contributed by atoms with Crippen molar-refractivity contribution in [1.82, 2.24) is 14.1 Å². The first-order valence-corrected chi connectivity index (χ1v) is 10.3. The van der Waals surface area contributed by atoms with Gasteiger partial charge in [0, 0.05) is 25.0 Å². The van der Waals surface area contributed by atoms with Crippen LogP contribution in [0.4, 0.5) is 9.52 Å². The van der Waals surface area contributed by atoms with Crippen molar-refractivity contribution >= 4 is 33.3 Å². The van der Waals surface area contributed by atoms with Gasteiger partial charge in [-0.05, 0) is 30.2 Å². The lowest BCUT2D eigenvalue weighted by molar-refractivity contribution is -0.115. The fourth-order valence-corrected chi connectivity index (χ4v) is 4.13. The Hall–Kier alpha value is -3.59. The summed E-state index contributed by atoms with van der Waals surface area (Å²) in [5.41, 5.74) is 1.85. The van der Waals surface area contributed by atoms with Gasteiger partial charge < -0.3 is 5.32 Å². The number of thiazole rings is 1. The van der Waals surface area contributed by atoms with Gasteiger partial charge in [0.15, 0.2) is 5.13 Å². The van der Waals surface area contributed by atoms with E-state index in [9.17, 15) is 18.8 Å². The van der Waals surface area contributed by atoms with Crippen molar-refractivity contribution < 1.29 is 9.18 Å². The van der Waals surface area contributed by atoms with Crippen LogP contribution in [-0.2, 0) is 25.3 Å². The summed E-state index contributed by atoms with van der Waals surface area (Å²) in [6.07, 6.45) is -0.0567. The standard InChI is InChI=1S/C22H19FN4O3S/c1-12-7-8-13(9-15(12)23)16-11-31-21(24-16)25-18(28)10-14-5-4-6-17-19(14)20(29)27(3)22(30)26(17)2/h4-9,11H,10H2,1-3H3,(H,24,25,28). The number of fused-ring (bicyclic) bond motifs is 1. The lowest BCUT2D eigenvalue weighted by Crippen LogP contribution is -2.37. The lowest BCUT2D eigenvalue weighted by Gasteiger charge is -2.10. The molecule has 2 aromatic carbocycles.